The van der Waals surface area contributed by atoms with Crippen molar-refractivity contribution in [3.8, 4) is 5.75 Å². The molecule has 3 amide bonds. The van der Waals surface area contributed by atoms with Crippen LogP contribution in [0.1, 0.15) is 31.7 Å². The van der Waals surface area contributed by atoms with Crippen molar-refractivity contribution in [1.29, 1.82) is 0 Å². The molecule has 10 nitrogen and oxygen atoms in total. The van der Waals surface area contributed by atoms with E-state index in [1.54, 1.807) is 38.1 Å². The van der Waals surface area contributed by atoms with Crippen LogP contribution in [0.4, 0.5) is 0 Å². The van der Waals surface area contributed by atoms with Crippen molar-refractivity contribution in [2.75, 3.05) is 40.3 Å². The molecule has 0 radical (unpaired) electrons. The second-order valence-electron chi connectivity index (χ2n) is 8.22. The van der Waals surface area contributed by atoms with Gasteiger partial charge in [-0.1, -0.05) is 12.1 Å². The average molecular weight is 463 g/mol. The number of nitrogens with zero attached hydrogens (tertiary/aromatic N) is 2. The van der Waals surface area contributed by atoms with Crippen LogP contribution in [-0.4, -0.2) is 91.0 Å². The lowest BCUT2D eigenvalue weighted by Crippen LogP contribution is -2.54. The predicted octanol–water partition coefficient (Wildman–Crippen LogP) is 0.256. The molecule has 0 spiro atoms. The molecule has 182 valence electrons. The van der Waals surface area contributed by atoms with E-state index in [0.717, 1.165) is 5.56 Å². The number of amides is 3. The van der Waals surface area contributed by atoms with Crippen LogP contribution in [0.2, 0.25) is 0 Å². The number of nitrogens with one attached hydrogen (secondary N) is 2. The van der Waals surface area contributed by atoms with Crippen LogP contribution in [0.25, 0.3) is 0 Å². The molecular weight excluding hydrogens is 428 g/mol. The van der Waals surface area contributed by atoms with Crippen molar-refractivity contribution in [2.45, 2.75) is 44.7 Å². The topological polar surface area (TPSA) is 128 Å². The third kappa shape index (κ3) is 8.38. The second kappa shape index (κ2) is 12.8. The number of hydrogen-bond donors (Lipinski definition) is 3. The van der Waals surface area contributed by atoms with Gasteiger partial charge < -0.3 is 25.4 Å². The highest BCUT2D eigenvalue weighted by atomic mass is 16.5. The van der Waals surface area contributed by atoms with E-state index < -0.39 is 18.1 Å². The van der Waals surface area contributed by atoms with E-state index in [1.165, 1.54) is 4.90 Å². The molecule has 10 heteroatoms. The Labute approximate surface area is 194 Å². The Kier molecular flexibility index (Phi) is 10.1. The lowest BCUT2D eigenvalue weighted by molar-refractivity contribution is -0.141. The second-order valence-corrected chi connectivity index (χ2v) is 8.22. The quantitative estimate of drug-likeness (QED) is 0.572. The zero-order valence-corrected chi connectivity index (χ0v) is 19.5. The summed E-state index contributed by atoms with van der Waals surface area (Å²) in [4.78, 5) is 52.6. The molecule has 0 unspecified atom stereocenters. The summed E-state index contributed by atoms with van der Waals surface area (Å²) in [5, 5.41) is 14.7. The highest BCUT2D eigenvalue weighted by molar-refractivity contribution is 5.92. The van der Waals surface area contributed by atoms with Crippen molar-refractivity contribution >= 4 is 23.7 Å². The number of carboxylic acid groups (broad SMARTS) is 1. The molecule has 0 aliphatic carbocycles. The Balaban J connectivity index is 2.20. The molecule has 1 aromatic rings. The van der Waals surface area contributed by atoms with E-state index >= 15 is 0 Å². The number of methoxy groups -OCH3 is 1. The van der Waals surface area contributed by atoms with Gasteiger partial charge in [0, 0.05) is 33.0 Å². The Morgan fingerprint density at radius 2 is 1.82 bits per heavy atom. The van der Waals surface area contributed by atoms with Crippen molar-refractivity contribution in [3.63, 3.8) is 0 Å². The molecule has 1 aliphatic heterocycles. The van der Waals surface area contributed by atoms with Crippen LogP contribution < -0.4 is 15.4 Å². The predicted molar refractivity (Wildman–Crippen MR) is 122 cm³/mol. The summed E-state index contributed by atoms with van der Waals surface area (Å²) < 4.78 is 5.17. The molecule has 1 aromatic carbocycles. The fourth-order valence-electron chi connectivity index (χ4n) is 3.66. The minimum Gasteiger partial charge on any atom is -0.497 e. The van der Waals surface area contributed by atoms with Crippen LogP contribution in [0.15, 0.2) is 24.3 Å². The molecule has 1 saturated heterocycles. The average Bonchev–Trinajstić information content (AvgIpc) is 2.79. The van der Waals surface area contributed by atoms with Crippen LogP contribution in [0.5, 0.6) is 5.75 Å². The molecule has 0 aromatic heterocycles. The summed E-state index contributed by atoms with van der Waals surface area (Å²) in [6.45, 7) is 2.79. The smallest absolute Gasteiger partial charge is 0.317 e. The van der Waals surface area contributed by atoms with E-state index in [0.29, 0.717) is 38.2 Å². The lowest BCUT2D eigenvalue weighted by atomic mass is 10.0. The van der Waals surface area contributed by atoms with Gasteiger partial charge in [-0.3, -0.25) is 24.1 Å². The van der Waals surface area contributed by atoms with Gasteiger partial charge in [0.1, 0.15) is 17.8 Å². The van der Waals surface area contributed by atoms with Gasteiger partial charge in [0.2, 0.25) is 17.7 Å². The monoisotopic (exact) mass is 462 g/mol. The third-order valence-electron chi connectivity index (χ3n) is 5.73. The van der Waals surface area contributed by atoms with Gasteiger partial charge in [-0.25, -0.2) is 0 Å². The van der Waals surface area contributed by atoms with E-state index in [1.807, 2.05) is 12.1 Å². The van der Waals surface area contributed by atoms with Gasteiger partial charge in [-0.05, 0) is 44.0 Å². The zero-order chi connectivity index (χ0) is 24.4. The summed E-state index contributed by atoms with van der Waals surface area (Å²) in [6.07, 6.45) is 1.45. The Bertz CT molecular complexity index is 829. The maximum absolute atomic E-state index is 13.2. The Morgan fingerprint density at radius 3 is 2.45 bits per heavy atom. The Hall–Kier alpha value is -3.14. The molecule has 0 bridgehead atoms. The molecule has 33 heavy (non-hydrogen) atoms. The number of ether oxygens (including phenoxy) is 1. The van der Waals surface area contributed by atoms with Gasteiger partial charge >= 0.3 is 5.97 Å². The molecule has 2 rings (SSSR count). The van der Waals surface area contributed by atoms with E-state index in [9.17, 15) is 19.2 Å². The first-order chi connectivity index (χ1) is 15.7. The normalized spacial score (nSPS) is 22.0. The van der Waals surface area contributed by atoms with Gasteiger partial charge in [0.15, 0.2) is 0 Å². The van der Waals surface area contributed by atoms with E-state index in [-0.39, 0.29) is 37.1 Å². The first-order valence-corrected chi connectivity index (χ1v) is 11.1. The van der Waals surface area contributed by atoms with Gasteiger partial charge in [0.25, 0.3) is 0 Å². The first-order valence-electron chi connectivity index (χ1n) is 11.1. The maximum Gasteiger partial charge on any atom is 0.317 e. The lowest BCUT2D eigenvalue weighted by Gasteiger charge is -2.29. The summed E-state index contributed by atoms with van der Waals surface area (Å²) in [5.41, 5.74) is 0.838. The third-order valence-corrected chi connectivity index (χ3v) is 5.73. The first kappa shape index (κ1) is 26.1. The van der Waals surface area contributed by atoms with Crippen molar-refractivity contribution in [2.24, 2.45) is 0 Å². The zero-order valence-electron chi connectivity index (χ0n) is 19.5. The minimum absolute atomic E-state index is 0.132. The maximum atomic E-state index is 13.2. The number of likely N-dealkylation sites (N-methyl/N-ethyl adjacent to an activating group) is 1. The van der Waals surface area contributed by atoms with E-state index in [2.05, 4.69) is 10.6 Å². The largest absolute Gasteiger partial charge is 0.497 e. The summed E-state index contributed by atoms with van der Waals surface area (Å²) >= 11 is 0. The van der Waals surface area contributed by atoms with Gasteiger partial charge in [-0.2, -0.15) is 0 Å². The van der Waals surface area contributed by atoms with Crippen molar-refractivity contribution in [3.05, 3.63) is 29.8 Å². The number of hydrogen-bond acceptors (Lipinski definition) is 6. The number of carboxylic acids is 1. The highest BCUT2D eigenvalue weighted by Crippen LogP contribution is 2.14. The summed E-state index contributed by atoms with van der Waals surface area (Å²) in [7, 11) is 3.12. The van der Waals surface area contributed by atoms with E-state index in [4.69, 9.17) is 9.84 Å². The molecule has 1 heterocycles. The minimum atomic E-state index is -0.943. The molecular formula is C23H34N4O6. The van der Waals surface area contributed by atoms with Gasteiger partial charge in [-0.15, -0.1) is 0 Å². The number of benzene rings is 1. The Morgan fingerprint density at radius 1 is 1.15 bits per heavy atom. The van der Waals surface area contributed by atoms with Crippen LogP contribution in [0.3, 0.4) is 0 Å². The summed E-state index contributed by atoms with van der Waals surface area (Å²) in [5.74, 6) is -1.21. The number of carbonyl (C=O) groups is 4. The SMILES string of the molecule is COc1ccc(C[C@@H]2NC(=O)CCCN(CC(=O)O)CCCNC(=O)[C@H](C)N(C)C2=O)cc1. The van der Waals surface area contributed by atoms with Crippen molar-refractivity contribution in [1.82, 2.24) is 20.4 Å². The van der Waals surface area contributed by atoms with Crippen molar-refractivity contribution < 1.29 is 29.0 Å². The highest BCUT2D eigenvalue weighted by Gasteiger charge is 2.30. The fraction of sp³-hybridized carbons (Fsp3) is 0.565. The van der Waals surface area contributed by atoms with Crippen LogP contribution >= 0.6 is 0 Å². The standard InChI is InChI=1S/C23H34N4O6/c1-16-22(31)24-11-5-13-27(15-21(29)30)12-4-6-20(28)25-19(23(32)26(16)2)14-17-7-9-18(33-3)10-8-17/h7-10,16,19H,4-6,11-15H2,1-3H3,(H,24,31)(H,25,28)(H,29,30)/t16-,19-/m0/s1. The molecule has 3 N–H and O–H groups in total. The number of aliphatic carboxylic acids is 1. The number of rotatable bonds is 5. The molecule has 1 fully saturated rings. The van der Waals surface area contributed by atoms with Crippen LogP contribution in [-0.2, 0) is 25.6 Å². The van der Waals surface area contributed by atoms with Gasteiger partial charge in [0.05, 0.1) is 13.7 Å². The fourth-order valence-corrected chi connectivity index (χ4v) is 3.66. The van der Waals surface area contributed by atoms with Crippen LogP contribution in [0, 0.1) is 0 Å². The molecule has 1 aliphatic rings. The molecule has 0 saturated carbocycles. The molecule has 2 atom stereocenters. The number of carbonyl (C=O) groups excluding carboxylic acids is 3. The summed E-state index contributed by atoms with van der Waals surface area (Å²) in [6, 6.07) is 5.65.